The molecule has 4 rings (SSSR count). The second-order valence-electron chi connectivity index (χ2n) is 8.04. The lowest BCUT2D eigenvalue weighted by molar-refractivity contribution is -0.384. The van der Waals surface area contributed by atoms with Gasteiger partial charge in [-0.2, -0.15) is 0 Å². The molecule has 0 aromatic heterocycles. The average molecular weight is 501 g/mol. The molecule has 0 atom stereocenters. The summed E-state index contributed by atoms with van der Waals surface area (Å²) in [6.07, 6.45) is 0. The Morgan fingerprint density at radius 3 is 1.97 bits per heavy atom. The van der Waals surface area contributed by atoms with E-state index >= 15 is 0 Å². The molecule has 0 unspecified atom stereocenters. The van der Waals surface area contributed by atoms with Gasteiger partial charge >= 0.3 is 0 Å². The highest BCUT2D eigenvalue weighted by Crippen LogP contribution is 2.33. The van der Waals surface area contributed by atoms with Crippen molar-refractivity contribution in [1.82, 2.24) is 0 Å². The molecule has 10 nitrogen and oxygen atoms in total. The van der Waals surface area contributed by atoms with Crippen LogP contribution in [-0.2, 0) is 15.6 Å². The summed E-state index contributed by atoms with van der Waals surface area (Å²) in [4.78, 5) is 25.2. The minimum absolute atomic E-state index is 0.00233. The molecule has 35 heavy (non-hydrogen) atoms. The van der Waals surface area contributed by atoms with Crippen LogP contribution < -0.4 is 9.80 Å². The number of halogens is 1. The van der Waals surface area contributed by atoms with Crippen LogP contribution in [0.4, 0.5) is 27.1 Å². The minimum atomic E-state index is -3.89. The largest absolute Gasteiger partial charge is 0.368 e. The van der Waals surface area contributed by atoms with Crippen molar-refractivity contribution in [2.75, 3.05) is 36.0 Å². The van der Waals surface area contributed by atoms with Gasteiger partial charge in [0.15, 0.2) is 9.84 Å². The fourth-order valence-corrected chi connectivity index (χ4v) is 5.35. The summed E-state index contributed by atoms with van der Waals surface area (Å²) in [5.41, 5.74) is 1.19. The van der Waals surface area contributed by atoms with Crippen LogP contribution >= 0.6 is 0 Å². The van der Waals surface area contributed by atoms with E-state index in [0.717, 1.165) is 23.9 Å². The highest BCUT2D eigenvalue weighted by molar-refractivity contribution is 7.90. The third kappa shape index (κ3) is 5.38. The first-order valence-electron chi connectivity index (χ1n) is 10.6. The van der Waals surface area contributed by atoms with E-state index in [1.165, 1.54) is 36.4 Å². The highest BCUT2D eigenvalue weighted by Gasteiger charge is 2.27. The van der Waals surface area contributed by atoms with Gasteiger partial charge in [-0.15, -0.1) is 0 Å². The molecule has 0 amide bonds. The minimum Gasteiger partial charge on any atom is -0.368 e. The van der Waals surface area contributed by atoms with E-state index in [4.69, 9.17) is 0 Å². The van der Waals surface area contributed by atoms with Crippen LogP contribution in [0.1, 0.15) is 5.56 Å². The first-order valence-corrected chi connectivity index (χ1v) is 12.3. The number of nitrogens with zero attached hydrogens (tertiary/aromatic N) is 4. The molecular weight excluding hydrogens is 479 g/mol. The summed E-state index contributed by atoms with van der Waals surface area (Å²) in [6, 6.07) is 15.1. The van der Waals surface area contributed by atoms with Gasteiger partial charge in [0.2, 0.25) is 0 Å². The predicted molar refractivity (Wildman–Crippen MR) is 128 cm³/mol. The van der Waals surface area contributed by atoms with Gasteiger partial charge in [-0.1, -0.05) is 12.1 Å². The van der Waals surface area contributed by atoms with E-state index in [-0.39, 0.29) is 16.3 Å². The number of non-ortho nitro benzene ring substituents is 1. The van der Waals surface area contributed by atoms with E-state index in [9.17, 15) is 33.0 Å². The third-order valence-electron chi connectivity index (χ3n) is 5.82. The molecule has 0 radical (unpaired) electrons. The van der Waals surface area contributed by atoms with E-state index in [2.05, 4.69) is 0 Å². The molecule has 0 spiro atoms. The lowest BCUT2D eigenvalue weighted by Gasteiger charge is -2.37. The normalized spacial score (nSPS) is 14.1. The number of sulfone groups is 1. The Kier molecular flexibility index (Phi) is 6.65. The van der Waals surface area contributed by atoms with Crippen molar-refractivity contribution in [3.05, 3.63) is 98.3 Å². The molecule has 1 heterocycles. The predicted octanol–water partition coefficient (Wildman–Crippen LogP) is 3.94. The van der Waals surface area contributed by atoms with E-state index in [1.807, 2.05) is 9.80 Å². The van der Waals surface area contributed by atoms with E-state index < -0.39 is 31.3 Å². The molecule has 1 saturated heterocycles. The van der Waals surface area contributed by atoms with Crippen molar-refractivity contribution in [2.45, 2.75) is 10.6 Å². The van der Waals surface area contributed by atoms with Crippen molar-refractivity contribution < 1.29 is 22.7 Å². The quantitative estimate of drug-likeness (QED) is 0.353. The first kappa shape index (κ1) is 24.1. The molecule has 1 fully saturated rings. The zero-order valence-electron chi connectivity index (χ0n) is 18.4. The summed E-state index contributed by atoms with van der Waals surface area (Å²) < 4.78 is 38.8. The molecule has 3 aromatic rings. The van der Waals surface area contributed by atoms with Gasteiger partial charge in [0, 0.05) is 50.1 Å². The summed E-state index contributed by atoms with van der Waals surface area (Å²) in [5.74, 6) is -0.891. The van der Waals surface area contributed by atoms with Crippen LogP contribution in [0.25, 0.3) is 0 Å². The van der Waals surface area contributed by atoms with Gasteiger partial charge < -0.3 is 9.80 Å². The fraction of sp³-hybridized carbons (Fsp3) is 0.217. The standard InChI is InChI=1S/C23H21FN4O6S/c24-18-3-1-17(2-4-18)16-35(33,34)21-9-10-22(23(15-21)28(31)32)26-13-11-25(12-14-26)19-5-7-20(8-6-19)27(29)30/h1-10,15H,11-14,16H2. The van der Waals surface area contributed by atoms with Crippen LogP contribution in [-0.4, -0.2) is 44.4 Å². The topological polar surface area (TPSA) is 127 Å². The molecule has 1 aliphatic heterocycles. The van der Waals surface area contributed by atoms with Crippen molar-refractivity contribution in [2.24, 2.45) is 0 Å². The number of anilines is 2. The summed E-state index contributed by atoms with van der Waals surface area (Å²) in [7, 11) is -3.89. The van der Waals surface area contributed by atoms with Gasteiger partial charge in [0.05, 0.1) is 20.5 Å². The van der Waals surface area contributed by atoms with Crippen LogP contribution in [0, 0.1) is 26.0 Å². The maximum atomic E-state index is 13.1. The van der Waals surface area contributed by atoms with Crippen molar-refractivity contribution in [3.8, 4) is 0 Å². The Hall–Kier alpha value is -4.06. The Bertz CT molecular complexity index is 1360. The summed E-state index contributed by atoms with van der Waals surface area (Å²) in [5, 5.41) is 22.6. The third-order valence-corrected chi connectivity index (χ3v) is 7.50. The monoisotopic (exact) mass is 500 g/mol. The molecule has 1 aliphatic rings. The van der Waals surface area contributed by atoms with Crippen molar-refractivity contribution >= 4 is 32.6 Å². The van der Waals surface area contributed by atoms with E-state index in [0.29, 0.717) is 37.4 Å². The molecule has 182 valence electrons. The maximum absolute atomic E-state index is 13.1. The van der Waals surface area contributed by atoms with Crippen LogP contribution in [0.3, 0.4) is 0 Å². The molecule has 0 bridgehead atoms. The molecule has 0 aliphatic carbocycles. The number of piperazine rings is 1. The summed E-state index contributed by atoms with van der Waals surface area (Å²) in [6.45, 7) is 1.94. The molecule has 12 heteroatoms. The lowest BCUT2D eigenvalue weighted by atomic mass is 10.2. The number of benzene rings is 3. The number of rotatable bonds is 7. The summed E-state index contributed by atoms with van der Waals surface area (Å²) >= 11 is 0. The number of hydrogen-bond acceptors (Lipinski definition) is 8. The number of hydrogen-bond donors (Lipinski definition) is 0. The van der Waals surface area contributed by atoms with Crippen LogP contribution in [0.2, 0.25) is 0 Å². The molecule has 0 N–H and O–H groups in total. The zero-order chi connectivity index (χ0) is 25.2. The zero-order valence-corrected chi connectivity index (χ0v) is 19.2. The van der Waals surface area contributed by atoms with Gasteiger partial charge in [-0.25, -0.2) is 12.8 Å². The fourth-order valence-electron chi connectivity index (χ4n) is 3.98. The van der Waals surface area contributed by atoms with Gasteiger partial charge in [-0.3, -0.25) is 20.2 Å². The Morgan fingerprint density at radius 2 is 1.40 bits per heavy atom. The molecule has 3 aromatic carbocycles. The van der Waals surface area contributed by atoms with Crippen molar-refractivity contribution in [1.29, 1.82) is 0 Å². The van der Waals surface area contributed by atoms with E-state index in [1.54, 1.807) is 12.1 Å². The Labute approximate surface area is 200 Å². The molecular formula is C23H21FN4O6S. The van der Waals surface area contributed by atoms with Gasteiger partial charge in [0.1, 0.15) is 11.5 Å². The SMILES string of the molecule is O=[N+]([O-])c1ccc(N2CCN(c3ccc(S(=O)(=O)Cc4ccc(F)cc4)cc3[N+](=O)[O-])CC2)cc1. The van der Waals surface area contributed by atoms with Gasteiger partial charge in [0.25, 0.3) is 11.4 Å². The van der Waals surface area contributed by atoms with Crippen LogP contribution in [0.5, 0.6) is 0 Å². The van der Waals surface area contributed by atoms with Crippen LogP contribution in [0.15, 0.2) is 71.6 Å². The van der Waals surface area contributed by atoms with Crippen molar-refractivity contribution in [3.63, 3.8) is 0 Å². The number of nitro benzene ring substituents is 2. The average Bonchev–Trinajstić information content (AvgIpc) is 2.85. The Balaban J connectivity index is 1.51. The number of nitro groups is 2. The first-order chi connectivity index (χ1) is 16.6. The smallest absolute Gasteiger partial charge is 0.293 e. The van der Waals surface area contributed by atoms with Gasteiger partial charge in [-0.05, 0) is 42.0 Å². The maximum Gasteiger partial charge on any atom is 0.293 e. The highest BCUT2D eigenvalue weighted by atomic mass is 32.2. The second kappa shape index (κ2) is 9.66. The Morgan fingerprint density at radius 1 is 0.800 bits per heavy atom. The second-order valence-corrected chi connectivity index (χ2v) is 10.0. The lowest BCUT2D eigenvalue weighted by Crippen LogP contribution is -2.46. The molecule has 0 saturated carbocycles.